The van der Waals surface area contributed by atoms with Crippen molar-refractivity contribution in [3.05, 3.63) is 35.4 Å². The number of morpholine rings is 1. The number of rotatable bonds is 6. The number of carbonyl (C=O) groups excluding carboxylic acids is 1. The zero-order valence-electron chi connectivity index (χ0n) is 15.2. The zero-order chi connectivity index (χ0) is 19.7. The summed E-state index contributed by atoms with van der Waals surface area (Å²) in [5.41, 5.74) is -0.985. The van der Waals surface area contributed by atoms with E-state index in [0.717, 1.165) is 51.4 Å². The summed E-state index contributed by atoms with van der Waals surface area (Å²) in [5.74, 6) is -0.693. The van der Waals surface area contributed by atoms with Gasteiger partial charge < -0.3 is 9.47 Å². The number of hydrogen-bond acceptors (Lipinski definition) is 5. The van der Waals surface area contributed by atoms with E-state index in [2.05, 4.69) is 15.2 Å². The van der Waals surface area contributed by atoms with Gasteiger partial charge in [0, 0.05) is 31.7 Å². The van der Waals surface area contributed by atoms with Crippen molar-refractivity contribution in [3.63, 3.8) is 0 Å². The highest BCUT2D eigenvalue weighted by Gasteiger charge is 2.31. The molecule has 0 aliphatic carbocycles. The number of hydrogen-bond donors (Lipinski definition) is 1. The second-order valence-corrected chi connectivity index (χ2v) is 5.96. The van der Waals surface area contributed by atoms with Crippen LogP contribution >= 0.6 is 0 Å². The first-order valence-electron chi connectivity index (χ1n) is 8.86. The lowest BCUT2D eigenvalue weighted by molar-refractivity contribution is -0.137. The second kappa shape index (κ2) is 10.3. The van der Waals surface area contributed by atoms with E-state index >= 15 is 0 Å². The topological polar surface area (TPSA) is 63.2 Å². The molecule has 0 bridgehead atoms. The molecule has 1 saturated heterocycles. The molecule has 1 aromatic carbocycles. The number of ether oxygens (including phenoxy) is 2. The highest BCUT2D eigenvalue weighted by molar-refractivity contribution is 6.04. The van der Waals surface area contributed by atoms with Crippen LogP contribution in [0.25, 0.3) is 0 Å². The van der Waals surface area contributed by atoms with E-state index in [4.69, 9.17) is 9.47 Å². The Labute approximate surface area is 156 Å². The van der Waals surface area contributed by atoms with Gasteiger partial charge in [-0.2, -0.15) is 13.2 Å². The molecule has 0 spiro atoms. The molecule has 6 nitrogen and oxygen atoms in total. The number of nitrogens with zero attached hydrogens (tertiary/aromatic N) is 2. The Morgan fingerprint density at radius 1 is 1.33 bits per heavy atom. The summed E-state index contributed by atoms with van der Waals surface area (Å²) in [5, 5.41) is 2.44. The van der Waals surface area contributed by atoms with Crippen LogP contribution in [0.5, 0.6) is 0 Å². The number of alkyl halides is 3. The van der Waals surface area contributed by atoms with Gasteiger partial charge in [0.1, 0.15) is 0 Å². The van der Waals surface area contributed by atoms with Crippen molar-refractivity contribution < 1.29 is 27.4 Å². The third-order valence-corrected chi connectivity index (χ3v) is 3.95. The lowest BCUT2D eigenvalue weighted by Crippen LogP contribution is -2.37. The van der Waals surface area contributed by atoms with E-state index in [1.807, 2.05) is 0 Å². The van der Waals surface area contributed by atoms with E-state index in [-0.39, 0.29) is 18.2 Å². The average Bonchev–Trinajstić information content (AvgIpc) is 2.65. The highest BCUT2D eigenvalue weighted by atomic mass is 19.4. The summed E-state index contributed by atoms with van der Waals surface area (Å²) in [7, 11) is 0. The first kappa shape index (κ1) is 21.2. The number of nitrogens with one attached hydrogen (secondary N) is 1. The zero-order valence-corrected chi connectivity index (χ0v) is 15.2. The summed E-state index contributed by atoms with van der Waals surface area (Å²) in [4.78, 5) is 18.7. The van der Waals surface area contributed by atoms with E-state index in [0.29, 0.717) is 6.54 Å². The molecule has 1 amide bonds. The van der Waals surface area contributed by atoms with Crippen molar-refractivity contribution in [1.29, 1.82) is 0 Å². The Morgan fingerprint density at radius 2 is 2.07 bits per heavy atom. The molecule has 0 radical (unpaired) electrons. The standard InChI is InChI=1S/C18H24F3N3O3/c1-2-27-17(22-7-4-8-24-9-11-26-12-10-24)23-16(25)14-5-3-6-15(13-14)18(19,20)21/h3,5-6,13H,2,4,7-12H2,1H3,(H,22,23,25). The van der Waals surface area contributed by atoms with Crippen molar-refractivity contribution in [2.45, 2.75) is 19.5 Å². The average molecular weight is 387 g/mol. The molecular formula is C18H24F3N3O3. The SMILES string of the molecule is CCOC(=NCCCN1CCOCC1)NC(=O)c1cccc(C(F)(F)F)c1. The number of benzene rings is 1. The normalized spacial score (nSPS) is 16.2. The molecule has 9 heteroatoms. The molecule has 1 N–H and O–H groups in total. The van der Waals surface area contributed by atoms with Crippen molar-refractivity contribution >= 4 is 11.9 Å². The maximum absolute atomic E-state index is 12.8. The van der Waals surface area contributed by atoms with Gasteiger partial charge in [0.15, 0.2) is 0 Å². The van der Waals surface area contributed by atoms with Crippen LogP contribution in [0.4, 0.5) is 13.2 Å². The maximum atomic E-state index is 12.8. The van der Waals surface area contributed by atoms with Crippen LogP contribution in [0, 0.1) is 0 Å². The quantitative estimate of drug-likeness (QED) is 0.463. The van der Waals surface area contributed by atoms with Crippen molar-refractivity contribution in [1.82, 2.24) is 10.2 Å². The number of amidine groups is 1. The molecule has 0 aromatic heterocycles. The van der Waals surface area contributed by atoms with E-state index < -0.39 is 17.6 Å². The number of halogens is 3. The van der Waals surface area contributed by atoms with Crippen LogP contribution in [0.1, 0.15) is 29.3 Å². The van der Waals surface area contributed by atoms with Crippen LogP contribution in [0.15, 0.2) is 29.3 Å². The Morgan fingerprint density at radius 3 is 2.74 bits per heavy atom. The van der Waals surface area contributed by atoms with Crippen LogP contribution < -0.4 is 5.32 Å². The molecule has 0 unspecified atom stereocenters. The molecule has 1 aromatic rings. The number of carbonyl (C=O) groups is 1. The molecule has 1 aliphatic heterocycles. The largest absolute Gasteiger partial charge is 0.465 e. The van der Waals surface area contributed by atoms with Crippen LogP contribution in [0.3, 0.4) is 0 Å². The smallest absolute Gasteiger partial charge is 0.416 e. The molecule has 0 saturated carbocycles. The van der Waals surface area contributed by atoms with Crippen LogP contribution in [-0.2, 0) is 15.7 Å². The lowest BCUT2D eigenvalue weighted by Gasteiger charge is -2.26. The summed E-state index contributed by atoms with van der Waals surface area (Å²) >= 11 is 0. The van der Waals surface area contributed by atoms with Gasteiger partial charge in [0.05, 0.1) is 25.4 Å². The summed E-state index contributed by atoms with van der Waals surface area (Å²) in [6.45, 7) is 6.53. The summed E-state index contributed by atoms with van der Waals surface area (Å²) in [6.07, 6.45) is -3.73. The van der Waals surface area contributed by atoms with Gasteiger partial charge >= 0.3 is 6.18 Å². The van der Waals surface area contributed by atoms with Crippen molar-refractivity contribution in [2.75, 3.05) is 46.0 Å². The van der Waals surface area contributed by atoms with E-state index in [1.54, 1.807) is 6.92 Å². The molecule has 1 aliphatic rings. The Kier molecular flexibility index (Phi) is 8.05. The van der Waals surface area contributed by atoms with Crippen LogP contribution in [-0.4, -0.2) is 62.8 Å². The fourth-order valence-corrected chi connectivity index (χ4v) is 2.56. The van der Waals surface area contributed by atoms with Crippen molar-refractivity contribution in [3.8, 4) is 0 Å². The number of amides is 1. The maximum Gasteiger partial charge on any atom is 0.416 e. The second-order valence-electron chi connectivity index (χ2n) is 5.96. The highest BCUT2D eigenvalue weighted by Crippen LogP contribution is 2.29. The van der Waals surface area contributed by atoms with Gasteiger partial charge in [-0.15, -0.1) is 0 Å². The number of aliphatic imine (C=N–C) groups is 1. The predicted molar refractivity (Wildman–Crippen MR) is 94.7 cm³/mol. The minimum atomic E-state index is -4.51. The molecule has 27 heavy (non-hydrogen) atoms. The fourth-order valence-electron chi connectivity index (χ4n) is 2.56. The fraction of sp³-hybridized carbons (Fsp3) is 0.556. The Bertz CT molecular complexity index is 644. The lowest BCUT2D eigenvalue weighted by atomic mass is 10.1. The van der Waals surface area contributed by atoms with E-state index in [9.17, 15) is 18.0 Å². The molecule has 150 valence electrons. The molecule has 0 atom stereocenters. The molecule has 2 rings (SSSR count). The molecule has 1 fully saturated rings. The van der Waals surface area contributed by atoms with Gasteiger partial charge in [0.2, 0.25) is 0 Å². The van der Waals surface area contributed by atoms with Gasteiger partial charge in [-0.05, 0) is 31.5 Å². The third-order valence-electron chi connectivity index (χ3n) is 3.95. The van der Waals surface area contributed by atoms with Crippen molar-refractivity contribution in [2.24, 2.45) is 4.99 Å². The Hall–Kier alpha value is -2.13. The summed E-state index contributed by atoms with van der Waals surface area (Å²) in [6, 6.07) is 4.24. The van der Waals surface area contributed by atoms with Gasteiger partial charge in [0.25, 0.3) is 11.9 Å². The first-order chi connectivity index (χ1) is 12.9. The monoisotopic (exact) mass is 387 g/mol. The summed E-state index contributed by atoms with van der Waals surface area (Å²) < 4.78 is 48.9. The van der Waals surface area contributed by atoms with Gasteiger partial charge in [-0.3, -0.25) is 15.0 Å². The minimum Gasteiger partial charge on any atom is -0.465 e. The van der Waals surface area contributed by atoms with Gasteiger partial charge in [-0.1, -0.05) is 6.07 Å². The van der Waals surface area contributed by atoms with E-state index in [1.165, 1.54) is 12.1 Å². The third kappa shape index (κ3) is 7.18. The Balaban J connectivity index is 1.91. The van der Waals surface area contributed by atoms with Crippen LogP contribution in [0.2, 0.25) is 0 Å². The molecule has 1 heterocycles. The predicted octanol–water partition coefficient (Wildman–Crippen LogP) is 2.55. The minimum absolute atomic E-state index is 0.0156. The van der Waals surface area contributed by atoms with Gasteiger partial charge in [-0.25, -0.2) is 4.99 Å². The first-order valence-corrected chi connectivity index (χ1v) is 8.86. The molecular weight excluding hydrogens is 363 g/mol.